The van der Waals surface area contributed by atoms with E-state index in [4.69, 9.17) is 4.42 Å². The van der Waals surface area contributed by atoms with Crippen molar-refractivity contribution in [2.75, 3.05) is 4.90 Å². The maximum atomic E-state index is 6.40. The van der Waals surface area contributed by atoms with E-state index in [2.05, 4.69) is 191 Å². The molecule has 0 aliphatic rings. The minimum absolute atomic E-state index is 0.869. The van der Waals surface area contributed by atoms with Crippen molar-refractivity contribution in [1.29, 1.82) is 0 Å². The molecule has 0 radical (unpaired) electrons. The minimum Gasteiger partial charge on any atom is -0.456 e. The lowest BCUT2D eigenvalue weighted by Crippen LogP contribution is -2.10. The van der Waals surface area contributed by atoms with Gasteiger partial charge in [0.15, 0.2) is 0 Å². The Hall–Kier alpha value is -6.84. The Morgan fingerprint density at radius 3 is 1.67 bits per heavy atom. The number of aromatic nitrogens is 1. The predicted octanol–water partition coefficient (Wildman–Crippen LogP) is 13.5. The van der Waals surface area contributed by atoms with Crippen molar-refractivity contribution < 1.29 is 4.42 Å². The molecule has 0 unspecified atom stereocenters. The van der Waals surface area contributed by atoms with Crippen LogP contribution in [-0.2, 0) is 0 Å². The van der Waals surface area contributed by atoms with Crippen LogP contribution >= 0.6 is 0 Å². The molecule has 51 heavy (non-hydrogen) atoms. The van der Waals surface area contributed by atoms with Crippen LogP contribution in [0.3, 0.4) is 0 Å². The monoisotopic (exact) mass is 652 g/mol. The van der Waals surface area contributed by atoms with Crippen molar-refractivity contribution in [2.45, 2.75) is 0 Å². The van der Waals surface area contributed by atoms with E-state index in [1.165, 1.54) is 38.5 Å². The number of anilines is 3. The number of fused-ring (bicyclic) bond motifs is 6. The van der Waals surface area contributed by atoms with Gasteiger partial charge in [-0.3, -0.25) is 0 Å². The first-order chi connectivity index (χ1) is 25.3. The zero-order valence-corrected chi connectivity index (χ0v) is 27.8. The highest BCUT2D eigenvalue weighted by molar-refractivity contribution is 6.15. The third-order valence-electron chi connectivity index (χ3n) is 9.98. The molecule has 2 aromatic heterocycles. The fourth-order valence-corrected chi connectivity index (χ4v) is 7.62. The molecule has 0 aliphatic heterocycles. The predicted molar refractivity (Wildman–Crippen MR) is 214 cm³/mol. The number of rotatable bonds is 6. The van der Waals surface area contributed by atoms with Crippen LogP contribution in [0.25, 0.3) is 71.7 Å². The lowest BCUT2D eigenvalue weighted by atomic mass is 10.0. The van der Waals surface area contributed by atoms with Crippen LogP contribution in [0.4, 0.5) is 17.1 Å². The normalized spacial score (nSPS) is 11.5. The van der Waals surface area contributed by atoms with Crippen LogP contribution in [0, 0.1) is 0 Å². The average Bonchev–Trinajstić information content (AvgIpc) is 3.75. The third kappa shape index (κ3) is 4.90. The Labute approximate surface area is 295 Å². The Kier molecular flexibility index (Phi) is 6.81. The Morgan fingerprint density at radius 1 is 0.373 bits per heavy atom. The molecular formula is C48H32N2O. The first kappa shape index (κ1) is 29.1. The molecule has 240 valence electrons. The van der Waals surface area contributed by atoms with Crippen LogP contribution in [0.1, 0.15) is 0 Å². The summed E-state index contributed by atoms with van der Waals surface area (Å²) in [5, 5.41) is 4.60. The Bertz CT molecular complexity index is 2830. The summed E-state index contributed by atoms with van der Waals surface area (Å²) in [6.45, 7) is 0. The summed E-state index contributed by atoms with van der Waals surface area (Å²) in [6.07, 6.45) is 0. The van der Waals surface area contributed by atoms with Gasteiger partial charge in [-0.2, -0.15) is 0 Å². The maximum absolute atomic E-state index is 6.40. The second-order valence-electron chi connectivity index (χ2n) is 13.0. The largest absolute Gasteiger partial charge is 0.456 e. The average molecular weight is 653 g/mol. The van der Waals surface area contributed by atoms with Crippen LogP contribution in [0.2, 0.25) is 0 Å². The molecule has 0 spiro atoms. The number of para-hydroxylation sites is 2. The maximum Gasteiger partial charge on any atom is 0.137 e. The number of hydrogen-bond acceptors (Lipinski definition) is 2. The van der Waals surface area contributed by atoms with Gasteiger partial charge in [0.1, 0.15) is 11.2 Å². The van der Waals surface area contributed by atoms with E-state index in [9.17, 15) is 0 Å². The molecule has 0 saturated carbocycles. The van der Waals surface area contributed by atoms with Crippen molar-refractivity contribution in [3.8, 4) is 27.9 Å². The first-order valence-corrected chi connectivity index (χ1v) is 17.4. The van der Waals surface area contributed by atoms with Crippen LogP contribution in [0.15, 0.2) is 199 Å². The molecule has 8 aromatic carbocycles. The van der Waals surface area contributed by atoms with Gasteiger partial charge >= 0.3 is 0 Å². The smallest absolute Gasteiger partial charge is 0.137 e. The molecule has 0 atom stereocenters. The summed E-state index contributed by atoms with van der Waals surface area (Å²) in [5.41, 5.74) is 13.2. The summed E-state index contributed by atoms with van der Waals surface area (Å²) >= 11 is 0. The van der Waals surface area contributed by atoms with E-state index < -0.39 is 0 Å². The fourth-order valence-electron chi connectivity index (χ4n) is 7.62. The van der Waals surface area contributed by atoms with Crippen LogP contribution in [0.5, 0.6) is 0 Å². The van der Waals surface area contributed by atoms with Crippen molar-refractivity contribution in [1.82, 2.24) is 4.57 Å². The van der Waals surface area contributed by atoms with Crippen LogP contribution in [-0.4, -0.2) is 4.57 Å². The zero-order chi connectivity index (χ0) is 33.7. The standard InChI is InChI=1S/C48H32N2O/c1-4-13-33(14-5-1)35-23-26-38(27-24-35)49(45-20-12-22-47-48(45)40-19-10-11-21-46(40)51-47)39-28-30-44-42(32-39)41-31-36(34-15-6-2-7-16-34)25-29-43(41)50(44)37-17-8-3-9-18-37/h1-32H. The molecule has 0 fully saturated rings. The zero-order valence-electron chi connectivity index (χ0n) is 27.8. The third-order valence-corrected chi connectivity index (χ3v) is 9.98. The molecule has 10 aromatic rings. The van der Waals surface area contributed by atoms with E-state index in [1.54, 1.807) is 0 Å². The van der Waals surface area contributed by atoms with Crippen molar-refractivity contribution in [3.63, 3.8) is 0 Å². The molecule has 3 heteroatoms. The summed E-state index contributed by atoms with van der Waals surface area (Å²) in [5.74, 6) is 0. The SMILES string of the molecule is c1ccc(-c2ccc(N(c3ccc4c(c3)c3cc(-c5ccccc5)ccc3n4-c3ccccc3)c3cccc4oc5ccccc5c34)cc2)cc1. The van der Waals surface area contributed by atoms with Gasteiger partial charge in [-0.05, 0) is 95.1 Å². The van der Waals surface area contributed by atoms with E-state index >= 15 is 0 Å². The quantitative estimate of drug-likeness (QED) is 0.178. The van der Waals surface area contributed by atoms with Crippen molar-refractivity contribution in [3.05, 3.63) is 194 Å². The molecule has 0 bridgehead atoms. The molecule has 0 saturated heterocycles. The number of nitrogens with zero attached hydrogens (tertiary/aromatic N) is 2. The lowest BCUT2D eigenvalue weighted by molar-refractivity contribution is 0.669. The van der Waals surface area contributed by atoms with Gasteiger partial charge in [0.05, 0.1) is 22.1 Å². The van der Waals surface area contributed by atoms with Crippen LogP contribution < -0.4 is 4.90 Å². The van der Waals surface area contributed by atoms with Crippen molar-refractivity contribution >= 4 is 60.8 Å². The summed E-state index contributed by atoms with van der Waals surface area (Å²) in [4.78, 5) is 2.38. The molecular weight excluding hydrogens is 621 g/mol. The Morgan fingerprint density at radius 2 is 0.922 bits per heavy atom. The molecule has 0 amide bonds. The lowest BCUT2D eigenvalue weighted by Gasteiger charge is -2.26. The van der Waals surface area contributed by atoms with Gasteiger partial charge in [0, 0.05) is 33.2 Å². The summed E-state index contributed by atoms with van der Waals surface area (Å²) in [7, 11) is 0. The second kappa shape index (κ2) is 11.9. The number of furan rings is 1. The summed E-state index contributed by atoms with van der Waals surface area (Å²) < 4.78 is 8.78. The van der Waals surface area contributed by atoms with Gasteiger partial charge < -0.3 is 13.9 Å². The summed E-state index contributed by atoms with van der Waals surface area (Å²) in [6, 6.07) is 69.2. The highest BCUT2D eigenvalue weighted by Crippen LogP contribution is 2.45. The molecule has 0 N–H and O–H groups in total. The molecule has 3 nitrogen and oxygen atoms in total. The fraction of sp³-hybridized carbons (Fsp3) is 0. The van der Waals surface area contributed by atoms with Gasteiger partial charge in [-0.25, -0.2) is 0 Å². The molecule has 0 aliphatic carbocycles. The van der Waals surface area contributed by atoms with Gasteiger partial charge in [0.25, 0.3) is 0 Å². The number of hydrogen-bond donors (Lipinski definition) is 0. The number of benzene rings is 8. The van der Waals surface area contributed by atoms with Gasteiger partial charge in [-0.15, -0.1) is 0 Å². The highest BCUT2D eigenvalue weighted by Gasteiger charge is 2.21. The second-order valence-corrected chi connectivity index (χ2v) is 13.0. The van der Waals surface area contributed by atoms with E-state index in [0.29, 0.717) is 0 Å². The topological polar surface area (TPSA) is 21.3 Å². The highest BCUT2D eigenvalue weighted by atomic mass is 16.3. The molecule has 2 heterocycles. The van der Waals surface area contributed by atoms with Crippen molar-refractivity contribution in [2.24, 2.45) is 0 Å². The van der Waals surface area contributed by atoms with Gasteiger partial charge in [-0.1, -0.05) is 121 Å². The minimum atomic E-state index is 0.869. The first-order valence-electron chi connectivity index (χ1n) is 17.4. The molecule has 10 rings (SSSR count). The van der Waals surface area contributed by atoms with E-state index in [-0.39, 0.29) is 0 Å². The van der Waals surface area contributed by atoms with E-state index in [1.807, 2.05) is 12.1 Å². The Balaban J connectivity index is 1.24. The van der Waals surface area contributed by atoms with E-state index in [0.717, 1.165) is 50.2 Å². The van der Waals surface area contributed by atoms with Gasteiger partial charge in [0.2, 0.25) is 0 Å².